The lowest BCUT2D eigenvalue weighted by Gasteiger charge is -2.22. The topological polar surface area (TPSA) is 97.6 Å². The zero-order valence-electron chi connectivity index (χ0n) is 12.0. The number of carbonyl (C=O) groups is 1. The predicted molar refractivity (Wildman–Crippen MR) is 78.3 cm³/mol. The Morgan fingerprint density at radius 1 is 1.38 bits per heavy atom. The average Bonchev–Trinajstić information content (AvgIpc) is 2.98. The Bertz CT molecular complexity index is 627. The number of rotatable bonds is 5. The van der Waals surface area contributed by atoms with E-state index in [0.29, 0.717) is 18.4 Å². The Hall–Kier alpha value is -2.22. The van der Waals surface area contributed by atoms with Gasteiger partial charge in [-0.15, -0.1) is 0 Å². The summed E-state index contributed by atoms with van der Waals surface area (Å²) < 4.78 is 1.61. The minimum absolute atomic E-state index is 0.0638. The van der Waals surface area contributed by atoms with Crippen LogP contribution in [0.5, 0.6) is 0 Å². The molecule has 21 heavy (non-hydrogen) atoms. The quantitative estimate of drug-likeness (QED) is 0.851. The van der Waals surface area contributed by atoms with Crippen molar-refractivity contribution in [1.82, 2.24) is 29.8 Å². The molecule has 0 atom stereocenters. The first-order valence-electron chi connectivity index (χ1n) is 6.28. The maximum absolute atomic E-state index is 11.7. The maximum Gasteiger partial charge on any atom is 0.241 e. The van der Waals surface area contributed by atoms with Crippen molar-refractivity contribution in [3.05, 3.63) is 24.0 Å². The fourth-order valence-electron chi connectivity index (χ4n) is 1.63. The molecule has 0 spiro atoms. The van der Waals surface area contributed by atoms with Crippen LogP contribution in [0.2, 0.25) is 5.28 Å². The molecule has 0 unspecified atom stereocenters. The minimum atomic E-state index is -0.608. The van der Waals surface area contributed by atoms with Gasteiger partial charge in [0.15, 0.2) is 0 Å². The highest BCUT2D eigenvalue weighted by atomic mass is 35.5. The smallest absolute Gasteiger partial charge is 0.241 e. The molecule has 0 radical (unpaired) electrons. The number of nitrogens with one attached hydrogen (secondary N) is 2. The molecule has 0 aliphatic carbocycles. The zero-order valence-corrected chi connectivity index (χ0v) is 12.7. The van der Waals surface area contributed by atoms with Crippen LogP contribution in [-0.2, 0) is 4.79 Å². The van der Waals surface area contributed by atoms with Crippen molar-refractivity contribution in [2.75, 3.05) is 18.9 Å². The molecule has 0 fully saturated rings. The average molecular weight is 310 g/mol. The van der Waals surface area contributed by atoms with Crippen LogP contribution < -0.4 is 10.6 Å². The largest absolute Gasteiger partial charge is 0.359 e. The number of aromatic nitrogens is 5. The summed E-state index contributed by atoms with van der Waals surface area (Å²) >= 11 is 5.89. The highest BCUT2D eigenvalue weighted by molar-refractivity contribution is 6.28. The van der Waals surface area contributed by atoms with Crippen LogP contribution in [0.3, 0.4) is 0 Å². The number of halogens is 1. The Balaban J connectivity index is 2.16. The van der Waals surface area contributed by atoms with Crippen molar-refractivity contribution in [2.24, 2.45) is 5.41 Å². The summed E-state index contributed by atoms with van der Waals surface area (Å²) in [5.41, 5.74) is -0.608. The predicted octanol–water partition coefficient (Wildman–Crippen LogP) is 0.895. The van der Waals surface area contributed by atoms with Gasteiger partial charge in [0.1, 0.15) is 6.33 Å². The lowest BCUT2D eigenvalue weighted by Crippen LogP contribution is -2.39. The molecule has 0 aromatic carbocycles. The molecular weight excluding hydrogens is 294 g/mol. The van der Waals surface area contributed by atoms with E-state index in [-0.39, 0.29) is 11.2 Å². The lowest BCUT2D eigenvalue weighted by molar-refractivity contribution is -0.128. The maximum atomic E-state index is 11.7. The molecule has 2 aromatic heterocycles. The number of nitrogens with zero attached hydrogens (tertiary/aromatic N) is 5. The Labute approximate surface area is 127 Å². The highest BCUT2D eigenvalue weighted by Crippen LogP contribution is 2.16. The second-order valence-electron chi connectivity index (χ2n) is 5.01. The molecule has 8 nitrogen and oxygen atoms in total. The van der Waals surface area contributed by atoms with Crippen LogP contribution in [0.15, 0.2) is 18.7 Å². The van der Waals surface area contributed by atoms with E-state index in [1.807, 2.05) is 13.8 Å². The van der Waals surface area contributed by atoms with Crippen LogP contribution >= 0.6 is 11.6 Å². The molecule has 1 amide bonds. The normalized spacial score (nSPS) is 11.2. The standard InChI is InChI=1S/C12H16ClN7O/c1-12(2,8(21)14-3)6-16-10-17-9(13)18-11(19-10)20-5-4-15-7-20/h4-5,7H,6H2,1-3H3,(H,14,21)(H,16,17,18,19). The van der Waals surface area contributed by atoms with Crippen LogP contribution in [-0.4, -0.2) is 44.0 Å². The van der Waals surface area contributed by atoms with Gasteiger partial charge in [-0.3, -0.25) is 9.36 Å². The lowest BCUT2D eigenvalue weighted by atomic mass is 9.92. The number of imidazole rings is 1. The fraction of sp³-hybridized carbons (Fsp3) is 0.417. The van der Waals surface area contributed by atoms with Gasteiger partial charge in [-0.05, 0) is 25.4 Å². The second-order valence-corrected chi connectivity index (χ2v) is 5.35. The Morgan fingerprint density at radius 2 is 2.14 bits per heavy atom. The van der Waals surface area contributed by atoms with Crippen molar-refractivity contribution in [2.45, 2.75) is 13.8 Å². The summed E-state index contributed by atoms with van der Waals surface area (Å²) in [5.74, 6) is 0.577. The van der Waals surface area contributed by atoms with Crippen molar-refractivity contribution in [3.63, 3.8) is 0 Å². The Morgan fingerprint density at radius 3 is 2.76 bits per heavy atom. The van der Waals surface area contributed by atoms with Gasteiger partial charge in [0, 0.05) is 26.0 Å². The molecule has 0 saturated heterocycles. The van der Waals surface area contributed by atoms with Gasteiger partial charge in [0.25, 0.3) is 0 Å². The molecule has 0 aliphatic heterocycles. The van der Waals surface area contributed by atoms with E-state index in [1.54, 1.807) is 30.3 Å². The minimum Gasteiger partial charge on any atom is -0.359 e. The van der Waals surface area contributed by atoms with Crippen LogP contribution in [0.1, 0.15) is 13.8 Å². The van der Waals surface area contributed by atoms with Crippen molar-refractivity contribution < 1.29 is 4.79 Å². The van der Waals surface area contributed by atoms with Gasteiger partial charge in [-0.25, -0.2) is 4.98 Å². The van der Waals surface area contributed by atoms with E-state index in [2.05, 4.69) is 30.6 Å². The van der Waals surface area contributed by atoms with Gasteiger partial charge in [0.2, 0.25) is 23.1 Å². The molecule has 0 aliphatic rings. The van der Waals surface area contributed by atoms with Gasteiger partial charge in [0.05, 0.1) is 5.41 Å². The van der Waals surface area contributed by atoms with Crippen molar-refractivity contribution in [1.29, 1.82) is 0 Å². The van der Waals surface area contributed by atoms with E-state index in [4.69, 9.17) is 11.6 Å². The summed E-state index contributed by atoms with van der Waals surface area (Å²) in [6.45, 7) is 3.99. The number of anilines is 1. The van der Waals surface area contributed by atoms with Crippen LogP contribution in [0, 0.1) is 5.41 Å². The van der Waals surface area contributed by atoms with E-state index >= 15 is 0 Å². The number of amides is 1. The van der Waals surface area contributed by atoms with Crippen LogP contribution in [0.25, 0.3) is 5.95 Å². The summed E-state index contributed by atoms with van der Waals surface area (Å²) in [7, 11) is 1.60. The van der Waals surface area contributed by atoms with Gasteiger partial charge in [-0.1, -0.05) is 0 Å². The third-order valence-electron chi connectivity index (χ3n) is 2.86. The number of hydrogen-bond donors (Lipinski definition) is 2. The van der Waals surface area contributed by atoms with E-state index in [9.17, 15) is 4.79 Å². The fourth-order valence-corrected chi connectivity index (χ4v) is 1.79. The van der Waals surface area contributed by atoms with E-state index in [1.165, 1.54) is 0 Å². The number of carbonyl (C=O) groups excluding carboxylic acids is 1. The molecule has 112 valence electrons. The zero-order chi connectivity index (χ0) is 15.5. The van der Waals surface area contributed by atoms with Gasteiger partial charge < -0.3 is 10.6 Å². The van der Waals surface area contributed by atoms with E-state index in [0.717, 1.165) is 0 Å². The third kappa shape index (κ3) is 3.66. The molecule has 2 rings (SSSR count). The SMILES string of the molecule is CNC(=O)C(C)(C)CNc1nc(Cl)nc(-n2ccnc2)n1. The molecule has 9 heteroatoms. The van der Waals surface area contributed by atoms with E-state index < -0.39 is 5.41 Å². The molecule has 0 saturated carbocycles. The summed E-state index contributed by atoms with van der Waals surface area (Å²) in [6, 6.07) is 0. The molecule has 2 N–H and O–H groups in total. The first-order valence-corrected chi connectivity index (χ1v) is 6.66. The van der Waals surface area contributed by atoms with Gasteiger partial charge in [-0.2, -0.15) is 15.0 Å². The first-order chi connectivity index (χ1) is 9.92. The monoisotopic (exact) mass is 309 g/mol. The first kappa shape index (κ1) is 15.2. The summed E-state index contributed by atoms with van der Waals surface area (Å²) in [6.07, 6.45) is 4.87. The Kier molecular flexibility index (Phi) is 4.37. The molecular formula is C12H16ClN7O. The summed E-state index contributed by atoms with van der Waals surface area (Å²) in [5, 5.41) is 5.68. The molecule has 0 bridgehead atoms. The van der Waals surface area contributed by atoms with Gasteiger partial charge >= 0.3 is 0 Å². The van der Waals surface area contributed by atoms with Crippen molar-refractivity contribution >= 4 is 23.5 Å². The second kappa shape index (κ2) is 6.04. The number of hydrogen-bond acceptors (Lipinski definition) is 6. The highest BCUT2D eigenvalue weighted by Gasteiger charge is 2.26. The third-order valence-corrected chi connectivity index (χ3v) is 3.03. The summed E-state index contributed by atoms with van der Waals surface area (Å²) in [4.78, 5) is 27.9. The molecule has 2 heterocycles. The van der Waals surface area contributed by atoms with Crippen LogP contribution in [0.4, 0.5) is 5.95 Å². The van der Waals surface area contributed by atoms with Crippen molar-refractivity contribution in [3.8, 4) is 5.95 Å². The molecule has 2 aromatic rings.